The molecule has 6 saturated carbocycles. The van der Waals surface area contributed by atoms with E-state index in [0.717, 1.165) is 0 Å². The number of esters is 1. The van der Waals surface area contributed by atoms with Crippen molar-refractivity contribution in [3.63, 3.8) is 0 Å². The molecule has 0 aromatic rings. The van der Waals surface area contributed by atoms with E-state index in [1.807, 2.05) is 0 Å². The second-order valence-corrected chi connectivity index (χ2v) is 5.66. The Kier molecular flexibility index (Phi) is 0.587. The van der Waals surface area contributed by atoms with Crippen LogP contribution in [0.2, 0.25) is 0 Å². The third kappa shape index (κ3) is 0.226. The fraction of sp³-hybridized carbons (Fsp3) is 0.750. The fourth-order valence-corrected chi connectivity index (χ4v) is 6.40. The Bertz CT molecular complexity index is 402. The van der Waals surface area contributed by atoms with E-state index < -0.39 is 0 Å². The zero-order valence-electron chi connectivity index (χ0n) is 7.86. The van der Waals surface area contributed by atoms with E-state index in [1.54, 1.807) is 0 Å². The van der Waals surface area contributed by atoms with E-state index in [2.05, 4.69) is 5.92 Å². The molecule has 70 valence electrons. The second kappa shape index (κ2) is 1.26. The van der Waals surface area contributed by atoms with Gasteiger partial charge < -0.3 is 4.74 Å². The van der Waals surface area contributed by atoms with Crippen LogP contribution in [-0.2, 0) is 9.53 Å². The molecule has 2 heteroatoms. The molecule has 6 aliphatic rings. The average Bonchev–Trinajstić information content (AvgIpc) is 2.27. The summed E-state index contributed by atoms with van der Waals surface area (Å²) >= 11 is 0. The molecular weight excluding hydrogens is 176 g/mol. The topological polar surface area (TPSA) is 26.3 Å². The van der Waals surface area contributed by atoms with Gasteiger partial charge in [0, 0.05) is 5.41 Å². The van der Waals surface area contributed by atoms with Crippen molar-refractivity contribution < 1.29 is 9.53 Å². The van der Waals surface area contributed by atoms with Crippen LogP contribution < -0.4 is 0 Å². The Labute approximate surface area is 82.0 Å². The number of rotatable bonds is 1. The first kappa shape index (κ1) is 6.50. The van der Waals surface area contributed by atoms with E-state index in [-0.39, 0.29) is 16.8 Å². The minimum atomic E-state index is -0.00660. The summed E-state index contributed by atoms with van der Waals surface area (Å²) in [6.07, 6.45) is 5.61. The summed E-state index contributed by atoms with van der Waals surface area (Å²) in [5.41, 5.74) is 0.281. The van der Waals surface area contributed by atoms with Crippen LogP contribution in [0.5, 0.6) is 0 Å². The van der Waals surface area contributed by atoms with Crippen molar-refractivity contribution in [3.05, 3.63) is 0 Å². The zero-order valence-corrected chi connectivity index (χ0v) is 7.86. The van der Waals surface area contributed by atoms with Crippen molar-refractivity contribution in [2.75, 3.05) is 7.11 Å². The first-order valence-electron chi connectivity index (χ1n) is 5.34. The van der Waals surface area contributed by atoms with Gasteiger partial charge in [-0.05, 0) is 35.5 Å². The van der Waals surface area contributed by atoms with E-state index >= 15 is 0 Å². The quantitative estimate of drug-likeness (QED) is 0.441. The smallest absolute Gasteiger partial charge is 0.312 e. The molecule has 0 spiro atoms. The monoisotopic (exact) mass is 186 g/mol. The van der Waals surface area contributed by atoms with Crippen molar-refractivity contribution in [2.24, 2.45) is 46.3 Å². The first-order valence-corrected chi connectivity index (χ1v) is 5.34. The molecule has 0 heterocycles. The molecule has 0 aromatic carbocycles. The van der Waals surface area contributed by atoms with Crippen molar-refractivity contribution in [1.82, 2.24) is 0 Å². The van der Waals surface area contributed by atoms with Crippen molar-refractivity contribution in [3.8, 4) is 12.3 Å². The Hall–Kier alpha value is -0.970. The summed E-state index contributed by atoms with van der Waals surface area (Å²) < 4.78 is 4.94. The molecule has 0 aromatic heterocycles. The van der Waals surface area contributed by atoms with Gasteiger partial charge in [-0.15, -0.1) is 6.42 Å². The van der Waals surface area contributed by atoms with Gasteiger partial charge in [0.15, 0.2) is 0 Å². The number of ether oxygens (including phenoxy) is 1. The van der Waals surface area contributed by atoms with Gasteiger partial charge in [0.25, 0.3) is 0 Å². The third-order valence-corrected chi connectivity index (χ3v) is 6.42. The summed E-state index contributed by atoms with van der Waals surface area (Å²) in [6.45, 7) is 0. The molecule has 0 atom stereocenters. The standard InChI is InChI=1S/C12H10O2/c1-3-11-4-7-5(11)9-6(11)8(4)12(7,9)10(13)14-2/h1,4-9H,2H3. The molecule has 0 saturated heterocycles. The summed E-state index contributed by atoms with van der Waals surface area (Å²) in [7, 11) is 1.51. The van der Waals surface area contributed by atoms with Gasteiger partial charge in [-0.25, -0.2) is 0 Å². The molecular formula is C12H10O2. The molecule has 0 bridgehead atoms. The highest BCUT2D eigenvalue weighted by molar-refractivity contribution is 5.89. The van der Waals surface area contributed by atoms with E-state index in [0.29, 0.717) is 35.5 Å². The molecule has 0 N–H and O–H groups in total. The molecule has 0 unspecified atom stereocenters. The van der Waals surface area contributed by atoms with E-state index in [1.165, 1.54) is 7.11 Å². The lowest BCUT2D eigenvalue weighted by Gasteiger charge is -3.09. The highest BCUT2D eigenvalue weighted by Gasteiger charge is 3.11. The van der Waals surface area contributed by atoms with Gasteiger partial charge in [-0.2, -0.15) is 0 Å². The van der Waals surface area contributed by atoms with Crippen LogP contribution in [0, 0.1) is 58.7 Å². The Balaban J connectivity index is 1.63. The highest BCUT2D eigenvalue weighted by atomic mass is 16.5. The maximum atomic E-state index is 11.7. The predicted octanol–water partition coefficient (Wildman–Crippen LogP) is 0.531. The second-order valence-electron chi connectivity index (χ2n) is 5.66. The number of terminal acetylenes is 1. The lowest BCUT2D eigenvalue weighted by atomic mass is 8.92. The fourth-order valence-electron chi connectivity index (χ4n) is 6.40. The van der Waals surface area contributed by atoms with Crippen LogP contribution in [0.25, 0.3) is 0 Å². The minimum absolute atomic E-state index is 0.00660. The van der Waals surface area contributed by atoms with Gasteiger partial charge in [0.05, 0.1) is 12.5 Å². The van der Waals surface area contributed by atoms with Crippen molar-refractivity contribution >= 4 is 5.97 Å². The summed E-state index contributed by atoms with van der Waals surface area (Å²) in [6, 6.07) is 0. The lowest BCUT2D eigenvalue weighted by Crippen LogP contribution is -3.10. The molecule has 14 heavy (non-hydrogen) atoms. The third-order valence-electron chi connectivity index (χ3n) is 6.42. The number of hydrogen-bond acceptors (Lipinski definition) is 2. The lowest BCUT2D eigenvalue weighted by molar-refractivity contribution is -0.626. The number of hydrogen-bond donors (Lipinski definition) is 0. The molecule has 0 aliphatic heterocycles. The number of carbonyl (C=O) groups is 1. The summed E-state index contributed by atoms with van der Waals surface area (Å²) in [5.74, 6) is 7.11. The maximum absolute atomic E-state index is 11.7. The number of carbonyl (C=O) groups excluding carboxylic acids is 1. The summed E-state index contributed by atoms with van der Waals surface area (Å²) in [5, 5.41) is 0. The van der Waals surface area contributed by atoms with Crippen molar-refractivity contribution in [2.45, 2.75) is 0 Å². The predicted molar refractivity (Wildman–Crippen MR) is 46.7 cm³/mol. The Morgan fingerprint density at radius 1 is 1.21 bits per heavy atom. The average molecular weight is 186 g/mol. The largest absolute Gasteiger partial charge is 0.469 e. The SMILES string of the molecule is C#CC12C3C4C1C1C2C3C41C(=O)OC. The molecule has 6 fully saturated rings. The van der Waals surface area contributed by atoms with Crippen molar-refractivity contribution in [1.29, 1.82) is 0 Å². The van der Waals surface area contributed by atoms with Crippen LogP contribution in [0.15, 0.2) is 0 Å². The van der Waals surface area contributed by atoms with Gasteiger partial charge >= 0.3 is 5.97 Å². The summed E-state index contributed by atoms with van der Waals surface area (Å²) in [4.78, 5) is 11.7. The van der Waals surface area contributed by atoms with Crippen LogP contribution in [0.1, 0.15) is 0 Å². The Morgan fingerprint density at radius 3 is 2.07 bits per heavy atom. The molecule has 6 aliphatic carbocycles. The van der Waals surface area contributed by atoms with E-state index in [4.69, 9.17) is 11.2 Å². The number of methoxy groups -OCH3 is 1. The van der Waals surface area contributed by atoms with Gasteiger partial charge in [0.1, 0.15) is 0 Å². The van der Waals surface area contributed by atoms with Crippen LogP contribution in [-0.4, -0.2) is 13.1 Å². The minimum Gasteiger partial charge on any atom is -0.469 e. The zero-order chi connectivity index (χ0) is 9.46. The molecule has 0 amide bonds. The normalized spacial score (nSPS) is 76.3. The van der Waals surface area contributed by atoms with Crippen LogP contribution in [0.3, 0.4) is 0 Å². The molecule has 2 nitrogen and oxygen atoms in total. The van der Waals surface area contributed by atoms with E-state index in [9.17, 15) is 4.79 Å². The van der Waals surface area contributed by atoms with Crippen LogP contribution >= 0.6 is 0 Å². The first-order chi connectivity index (χ1) is 6.77. The molecule has 0 radical (unpaired) electrons. The van der Waals surface area contributed by atoms with Gasteiger partial charge in [0.2, 0.25) is 0 Å². The van der Waals surface area contributed by atoms with Gasteiger partial charge in [-0.3, -0.25) is 4.79 Å². The molecule has 6 rings (SSSR count). The van der Waals surface area contributed by atoms with Crippen LogP contribution in [0.4, 0.5) is 0 Å². The Morgan fingerprint density at radius 2 is 1.71 bits per heavy atom. The van der Waals surface area contributed by atoms with Gasteiger partial charge in [-0.1, -0.05) is 5.92 Å². The highest BCUT2D eigenvalue weighted by Crippen LogP contribution is 3.10. The maximum Gasteiger partial charge on any atom is 0.312 e.